The van der Waals surface area contributed by atoms with Gasteiger partial charge in [-0.05, 0) is 48.4 Å². The molecule has 2 aromatic carbocycles. The minimum atomic E-state index is -0.473. The average Bonchev–Trinajstić information content (AvgIpc) is 2.52. The molecule has 0 aliphatic carbocycles. The maximum Gasteiger partial charge on any atom is 0.119 e. The number of rotatable bonds is 7. The van der Waals surface area contributed by atoms with Gasteiger partial charge in [0.05, 0.1) is 12.7 Å². The second-order valence-electron chi connectivity index (χ2n) is 4.70. The van der Waals surface area contributed by atoms with Crippen molar-refractivity contribution in [1.82, 2.24) is 0 Å². The van der Waals surface area contributed by atoms with Gasteiger partial charge in [0.2, 0.25) is 0 Å². The molecule has 2 rings (SSSR count). The summed E-state index contributed by atoms with van der Waals surface area (Å²) >= 11 is 5.06. The number of benzene rings is 2. The van der Waals surface area contributed by atoms with Crippen molar-refractivity contribution in [1.29, 1.82) is 0 Å². The van der Waals surface area contributed by atoms with E-state index in [1.165, 1.54) is 0 Å². The van der Waals surface area contributed by atoms with Gasteiger partial charge in [0.1, 0.15) is 5.75 Å². The molecule has 112 valence electrons. The number of ether oxygens (including phenoxy) is 1. The normalized spacial score (nSPS) is 12.1. The molecule has 21 heavy (non-hydrogen) atoms. The third kappa shape index (κ3) is 5.38. The van der Waals surface area contributed by atoms with Gasteiger partial charge in [0.15, 0.2) is 0 Å². The minimum absolute atomic E-state index is 0.473. The Morgan fingerprint density at radius 1 is 1.10 bits per heavy atom. The summed E-state index contributed by atoms with van der Waals surface area (Å²) in [7, 11) is 0. The molecule has 0 aromatic heterocycles. The number of hydrogen-bond acceptors (Lipinski definition) is 3. The van der Waals surface area contributed by atoms with E-state index in [-0.39, 0.29) is 0 Å². The van der Waals surface area contributed by atoms with Crippen molar-refractivity contribution in [3.63, 3.8) is 0 Å². The minimum Gasteiger partial charge on any atom is -0.494 e. The summed E-state index contributed by atoms with van der Waals surface area (Å²) < 4.78 is 6.60. The molecule has 2 aromatic rings. The van der Waals surface area contributed by atoms with Gasteiger partial charge in [0.25, 0.3) is 0 Å². The number of thioether (sulfide) groups is 1. The van der Waals surface area contributed by atoms with Crippen LogP contribution in [0.1, 0.15) is 25.0 Å². The van der Waals surface area contributed by atoms with Crippen molar-refractivity contribution in [2.24, 2.45) is 0 Å². The van der Waals surface area contributed by atoms with E-state index >= 15 is 0 Å². The number of aliphatic hydroxyl groups excluding tert-OH is 1. The lowest BCUT2D eigenvalue weighted by Crippen LogP contribution is -2.01. The lowest BCUT2D eigenvalue weighted by molar-refractivity contribution is 0.204. The molecule has 1 atom stereocenters. The largest absolute Gasteiger partial charge is 0.494 e. The molecule has 1 N–H and O–H groups in total. The molecule has 0 spiro atoms. The van der Waals surface area contributed by atoms with Crippen molar-refractivity contribution in [3.05, 3.63) is 58.6 Å². The molecule has 0 saturated carbocycles. The maximum absolute atomic E-state index is 10.2. The topological polar surface area (TPSA) is 29.5 Å². The van der Waals surface area contributed by atoms with Crippen molar-refractivity contribution >= 4 is 27.7 Å². The molecular weight excluding hydrogens is 348 g/mol. The first-order valence-corrected chi connectivity index (χ1v) is 8.76. The second-order valence-corrected chi connectivity index (χ2v) is 6.71. The predicted octanol–water partition coefficient (Wildman–Crippen LogP) is 5.06. The summed E-state index contributed by atoms with van der Waals surface area (Å²) in [5.41, 5.74) is 0.920. The molecule has 0 heterocycles. The Bertz CT molecular complexity index is 540. The van der Waals surface area contributed by atoms with E-state index in [2.05, 4.69) is 22.9 Å². The molecule has 0 saturated heterocycles. The SMILES string of the molecule is CCCOc1ccc(C(O)CSc2ccc(Br)cc2)cc1. The number of aliphatic hydroxyl groups is 1. The van der Waals surface area contributed by atoms with Gasteiger partial charge < -0.3 is 9.84 Å². The Labute approximate surface area is 138 Å². The van der Waals surface area contributed by atoms with Crippen LogP contribution in [-0.4, -0.2) is 17.5 Å². The Balaban J connectivity index is 1.87. The maximum atomic E-state index is 10.2. The first-order chi connectivity index (χ1) is 10.2. The quantitative estimate of drug-likeness (QED) is 0.694. The smallest absolute Gasteiger partial charge is 0.119 e. The van der Waals surface area contributed by atoms with Crippen LogP contribution in [0.3, 0.4) is 0 Å². The molecule has 0 bridgehead atoms. The van der Waals surface area contributed by atoms with Gasteiger partial charge in [0, 0.05) is 15.1 Å². The van der Waals surface area contributed by atoms with Crippen LogP contribution in [0.15, 0.2) is 57.9 Å². The molecule has 4 heteroatoms. The van der Waals surface area contributed by atoms with E-state index in [1.54, 1.807) is 11.8 Å². The molecule has 2 nitrogen and oxygen atoms in total. The summed E-state index contributed by atoms with van der Waals surface area (Å²) in [6, 6.07) is 15.8. The van der Waals surface area contributed by atoms with Crippen molar-refractivity contribution in [2.45, 2.75) is 24.3 Å². The zero-order valence-electron chi connectivity index (χ0n) is 12.0. The Hall–Kier alpha value is -0.970. The Morgan fingerprint density at radius 2 is 1.76 bits per heavy atom. The first kappa shape index (κ1) is 16.4. The molecular formula is C17H19BrO2S. The first-order valence-electron chi connectivity index (χ1n) is 6.98. The van der Waals surface area contributed by atoms with Crippen molar-refractivity contribution < 1.29 is 9.84 Å². The van der Waals surface area contributed by atoms with Gasteiger partial charge in [-0.15, -0.1) is 11.8 Å². The van der Waals surface area contributed by atoms with Crippen LogP contribution in [0, 0.1) is 0 Å². The van der Waals surface area contributed by atoms with Crippen LogP contribution in [-0.2, 0) is 0 Å². The highest BCUT2D eigenvalue weighted by Crippen LogP contribution is 2.26. The third-order valence-corrected chi connectivity index (χ3v) is 4.58. The molecule has 1 unspecified atom stereocenters. The van der Waals surface area contributed by atoms with E-state index in [4.69, 9.17) is 4.74 Å². The zero-order valence-corrected chi connectivity index (χ0v) is 14.4. The fraction of sp³-hybridized carbons (Fsp3) is 0.294. The van der Waals surface area contributed by atoms with Crippen LogP contribution in [0.4, 0.5) is 0 Å². The highest BCUT2D eigenvalue weighted by atomic mass is 79.9. The summed E-state index contributed by atoms with van der Waals surface area (Å²) in [6.45, 7) is 2.80. The van der Waals surface area contributed by atoms with E-state index in [0.29, 0.717) is 5.75 Å². The third-order valence-electron chi connectivity index (χ3n) is 2.96. The molecule has 0 amide bonds. The van der Waals surface area contributed by atoms with E-state index < -0.39 is 6.10 Å². The monoisotopic (exact) mass is 366 g/mol. The summed E-state index contributed by atoms with van der Waals surface area (Å²) in [5.74, 6) is 1.49. The number of halogens is 1. The van der Waals surface area contributed by atoms with Gasteiger partial charge in [-0.25, -0.2) is 0 Å². The predicted molar refractivity (Wildman–Crippen MR) is 92.1 cm³/mol. The fourth-order valence-corrected chi connectivity index (χ4v) is 2.94. The average molecular weight is 367 g/mol. The summed E-state index contributed by atoms with van der Waals surface area (Å²) in [5, 5.41) is 10.2. The van der Waals surface area contributed by atoms with Gasteiger partial charge in [-0.3, -0.25) is 0 Å². The Kier molecular flexibility index (Phi) is 6.61. The van der Waals surface area contributed by atoms with Gasteiger partial charge >= 0.3 is 0 Å². The lowest BCUT2D eigenvalue weighted by atomic mass is 10.1. The van der Waals surface area contributed by atoms with Crippen LogP contribution in [0.2, 0.25) is 0 Å². The molecule has 0 aliphatic rings. The van der Waals surface area contributed by atoms with E-state index in [0.717, 1.165) is 33.7 Å². The fourth-order valence-electron chi connectivity index (χ4n) is 1.81. The molecule has 0 aliphatic heterocycles. The Morgan fingerprint density at radius 3 is 2.38 bits per heavy atom. The molecule has 0 fully saturated rings. The van der Waals surface area contributed by atoms with E-state index in [1.807, 2.05) is 48.5 Å². The van der Waals surface area contributed by atoms with Crippen molar-refractivity contribution in [3.8, 4) is 5.75 Å². The number of hydrogen-bond donors (Lipinski definition) is 1. The standard InChI is InChI=1S/C17H19BrO2S/c1-2-11-20-15-7-3-13(4-8-15)17(19)12-21-16-9-5-14(18)6-10-16/h3-10,17,19H,2,11-12H2,1H3. The second kappa shape index (κ2) is 8.47. The van der Waals surface area contributed by atoms with Crippen LogP contribution < -0.4 is 4.74 Å². The summed E-state index contributed by atoms with van der Waals surface area (Å²) in [6.07, 6.45) is 0.521. The van der Waals surface area contributed by atoms with Crippen LogP contribution in [0.25, 0.3) is 0 Å². The zero-order chi connectivity index (χ0) is 15.1. The molecule has 0 radical (unpaired) electrons. The lowest BCUT2D eigenvalue weighted by Gasteiger charge is -2.12. The van der Waals surface area contributed by atoms with E-state index in [9.17, 15) is 5.11 Å². The van der Waals surface area contributed by atoms with Gasteiger partial charge in [-0.1, -0.05) is 35.0 Å². The van der Waals surface area contributed by atoms with Crippen molar-refractivity contribution in [2.75, 3.05) is 12.4 Å². The van der Waals surface area contributed by atoms with Gasteiger partial charge in [-0.2, -0.15) is 0 Å². The highest BCUT2D eigenvalue weighted by molar-refractivity contribution is 9.10. The van der Waals surface area contributed by atoms with Crippen LogP contribution >= 0.6 is 27.7 Å². The highest BCUT2D eigenvalue weighted by Gasteiger charge is 2.08. The summed E-state index contributed by atoms with van der Waals surface area (Å²) in [4.78, 5) is 1.15. The van der Waals surface area contributed by atoms with Crippen LogP contribution in [0.5, 0.6) is 5.75 Å².